The molecule has 0 spiro atoms. The summed E-state index contributed by atoms with van der Waals surface area (Å²) in [6, 6.07) is 9.79. The van der Waals surface area contributed by atoms with Crippen LogP contribution >= 0.6 is 23.2 Å². The number of nitrogens with two attached hydrogens (primary N) is 1. The number of aliphatic imine (C=N–C) groups is 1. The maximum atomic E-state index is 14.3. The van der Waals surface area contributed by atoms with Gasteiger partial charge in [-0.15, -0.1) is 0 Å². The van der Waals surface area contributed by atoms with Gasteiger partial charge in [0.15, 0.2) is 0 Å². The Labute approximate surface area is 160 Å². The van der Waals surface area contributed by atoms with E-state index in [2.05, 4.69) is 4.99 Å². The maximum Gasteiger partial charge on any atom is 0.290 e. The van der Waals surface area contributed by atoms with E-state index in [0.717, 1.165) is 5.56 Å². The van der Waals surface area contributed by atoms with E-state index in [-0.39, 0.29) is 12.3 Å². The first-order valence-corrected chi connectivity index (χ1v) is 8.31. The SMILES string of the molecule is CC1(c2ccc(F)c(-c3cc(Cl)cc(Cl)c3)c2)COCC(N)=N1.O=CO. The first kappa shape index (κ1) is 20.2. The Morgan fingerprint density at radius 1 is 1.27 bits per heavy atom. The van der Waals surface area contributed by atoms with Crippen molar-refractivity contribution in [2.75, 3.05) is 13.2 Å². The van der Waals surface area contributed by atoms with E-state index in [9.17, 15) is 4.39 Å². The molecule has 1 aliphatic rings. The van der Waals surface area contributed by atoms with Gasteiger partial charge in [-0.1, -0.05) is 29.3 Å². The van der Waals surface area contributed by atoms with Gasteiger partial charge in [0.25, 0.3) is 6.47 Å². The summed E-state index contributed by atoms with van der Waals surface area (Å²) in [6.07, 6.45) is 0. The van der Waals surface area contributed by atoms with Crippen molar-refractivity contribution in [2.24, 2.45) is 10.7 Å². The molecular formula is C18H17Cl2FN2O3. The van der Waals surface area contributed by atoms with Crippen LogP contribution in [0.5, 0.6) is 0 Å². The Balaban J connectivity index is 0.000000758. The second-order valence-corrected chi connectivity index (χ2v) is 6.70. The van der Waals surface area contributed by atoms with Gasteiger partial charge in [-0.05, 0) is 48.4 Å². The molecule has 26 heavy (non-hydrogen) atoms. The summed E-state index contributed by atoms with van der Waals surface area (Å²) in [5.41, 5.74) is 6.97. The van der Waals surface area contributed by atoms with Crippen LogP contribution in [0.2, 0.25) is 10.0 Å². The monoisotopic (exact) mass is 398 g/mol. The van der Waals surface area contributed by atoms with Gasteiger partial charge in [0.1, 0.15) is 23.8 Å². The van der Waals surface area contributed by atoms with Crippen LogP contribution < -0.4 is 5.73 Å². The number of hydrogen-bond donors (Lipinski definition) is 2. The van der Waals surface area contributed by atoms with E-state index in [1.165, 1.54) is 6.07 Å². The third kappa shape index (κ3) is 4.72. The summed E-state index contributed by atoms with van der Waals surface area (Å²) in [5.74, 6) is 0.0692. The highest BCUT2D eigenvalue weighted by atomic mass is 35.5. The van der Waals surface area contributed by atoms with Crippen molar-refractivity contribution in [1.29, 1.82) is 0 Å². The molecule has 1 unspecified atom stereocenters. The van der Waals surface area contributed by atoms with Gasteiger partial charge in [0.05, 0.1) is 6.61 Å². The zero-order valence-electron chi connectivity index (χ0n) is 13.9. The fourth-order valence-corrected chi connectivity index (χ4v) is 3.20. The molecule has 138 valence electrons. The minimum atomic E-state index is -0.646. The zero-order valence-corrected chi connectivity index (χ0v) is 15.4. The normalized spacial score (nSPS) is 19.2. The molecule has 0 saturated heterocycles. The Kier molecular flexibility index (Phi) is 6.58. The van der Waals surface area contributed by atoms with Crippen LogP contribution in [0.3, 0.4) is 0 Å². The molecule has 2 aromatic carbocycles. The molecule has 1 atom stereocenters. The number of amidine groups is 1. The van der Waals surface area contributed by atoms with Crippen LogP contribution in [0.15, 0.2) is 41.4 Å². The molecule has 0 bridgehead atoms. The Morgan fingerprint density at radius 2 is 1.88 bits per heavy atom. The van der Waals surface area contributed by atoms with E-state index in [1.54, 1.807) is 30.3 Å². The summed E-state index contributed by atoms with van der Waals surface area (Å²) in [4.78, 5) is 12.8. The lowest BCUT2D eigenvalue weighted by atomic mass is 9.90. The van der Waals surface area contributed by atoms with Gasteiger partial charge in [0, 0.05) is 15.6 Å². The largest absolute Gasteiger partial charge is 0.483 e. The second kappa shape index (κ2) is 8.49. The molecule has 0 aliphatic carbocycles. The lowest BCUT2D eigenvalue weighted by molar-refractivity contribution is -0.122. The van der Waals surface area contributed by atoms with Crippen molar-refractivity contribution in [3.8, 4) is 11.1 Å². The van der Waals surface area contributed by atoms with E-state index >= 15 is 0 Å². The molecule has 0 radical (unpaired) electrons. The predicted molar refractivity (Wildman–Crippen MR) is 100 cm³/mol. The zero-order chi connectivity index (χ0) is 19.3. The third-order valence-electron chi connectivity index (χ3n) is 3.79. The van der Waals surface area contributed by atoms with E-state index in [4.69, 9.17) is 43.6 Å². The average molecular weight is 399 g/mol. The van der Waals surface area contributed by atoms with Crippen LogP contribution in [0.25, 0.3) is 11.1 Å². The van der Waals surface area contributed by atoms with Crippen LogP contribution in [-0.4, -0.2) is 30.6 Å². The molecule has 1 aliphatic heterocycles. The average Bonchev–Trinajstić information content (AvgIpc) is 2.54. The van der Waals surface area contributed by atoms with Crippen LogP contribution in [0.1, 0.15) is 12.5 Å². The molecule has 2 aromatic rings. The highest BCUT2D eigenvalue weighted by molar-refractivity contribution is 6.35. The summed E-state index contributed by atoms with van der Waals surface area (Å²) in [6.45, 7) is 2.35. The smallest absolute Gasteiger partial charge is 0.290 e. The van der Waals surface area contributed by atoms with Crippen molar-refractivity contribution < 1.29 is 19.0 Å². The molecule has 0 aromatic heterocycles. The number of halogens is 3. The lowest BCUT2D eigenvalue weighted by Crippen LogP contribution is -2.37. The lowest BCUT2D eigenvalue weighted by Gasteiger charge is -2.30. The van der Waals surface area contributed by atoms with Gasteiger partial charge in [-0.25, -0.2) is 4.39 Å². The maximum absolute atomic E-state index is 14.3. The number of nitrogens with zero attached hydrogens (tertiary/aromatic N) is 1. The van der Waals surface area contributed by atoms with Gasteiger partial charge in [-0.2, -0.15) is 0 Å². The van der Waals surface area contributed by atoms with Crippen molar-refractivity contribution >= 4 is 35.5 Å². The Morgan fingerprint density at radius 3 is 2.46 bits per heavy atom. The molecule has 0 amide bonds. The fraction of sp³-hybridized carbons (Fsp3) is 0.222. The number of hydrogen-bond acceptors (Lipinski definition) is 4. The molecule has 5 nitrogen and oxygen atoms in total. The third-order valence-corrected chi connectivity index (χ3v) is 4.22. The first-order valence-electron chi connectivity index (χ1n) is 7.55. The second-order valence-electron chi connectivity index (χ2n) is 5.83. The van der Waals surface area contributed by atoms with Crippen molar-refractivity contribution in [1.82, 2.24) is 0 Å². The molecule has 3 N–H and O–H groups in total. The summed E-state index contributed by atoms with van der Waals surface area (Å²) in [5, 5.41) is 7.79. The highest BCUT2D eigenvalue weighted by Gasteiger charge is 2.30. The van der Waals surface area contributed by atoms with Gasteiger partial charge in [-0.3, -0.25) is 9.79 Å². The quantitative estimate of drug-likeness (QED) is 0.745. The Hall–Kier alpha value is -2.15. The van der Waals surface area contributed by atoms with Crippen molar-refractivity contribution in [3.05, 3.63) is 57.8 Å². The van der Waals surface area contributed by atoms with Crippen molar-refractivity contribution in [2.45, 2.75) is 12.5 Å². The van der Waals surface area contributed by atoms with Crippen LogP contribution in [0.4, 0.5) is 4.39 Å². The fourth-order valence-electron chi connectivity index (χ4n) is 2.67. The standard InChI is InChI=1S/C17H15Cl2FN2O.CH2O2/c1-17(9-23-8-16(21)22-17)11-2-3-15(20)14(6-11)10-4-12(18)7-13(19)5-10;2-1-3/h2-7H,8-9H2,1H3,(H2,21,22);1H,(H,2,3). The minimum absolute atomic E-state index is 0.250. The number of carboxylic acid groups (broad SMARTS) is 1. The summed E-state index contributed by atoms with van der Waals surface area (Å²) in [7, 11) is 0. The number of ether oxygens (including phenoxy) is 1. The Bertz CT molecular complexity index is 825. The summed E-state index contributed by atoms with van der Waals surface area (Å²) >= 11 is 12.0. The van der Waals surface area contributed by atoms with Crippen LogP contribution in [0, 0.1) is 5.82 Å². The topological polar surface area (TPSA) is 84.9 Å². The molecule has 1 heterocycles. The number of benzene rings is 2. The molecule has 0 fully saturated rings. The predicted octanol–water partition coefficient (Wildman–Crippen LogP) is 4.10. The number of rotatable bonds is 2. The van der Waals surface area contributed by atoms with Gasteiger partial charge in [0.2, 0.25) is 0 Å². The molecule has 8 heteroatoms. The van der Waals surface area contributed by atoms with E-state index < -0.39 is 5.54 Å². The van der Waals surface area contributed by atoms with E-state index in [0.29, 0.717) is 40.2 Å². The van der Waals surface area contributed by atoms with Crippen molar-refractivity contribution in [3.63, 3.8) is 0 Å². The van der Waals surface area contributed by atoms with Crippen LogP contribution in [-0.2, 0) is 15.1 Å². The molecular weight excluding hydrogens is 382 g/mol. The molecule has 0 saturated carbocycles. The molecule has 3 rings (SSSR count). The summed E-state index contributed by atoms with van der Waals surface area (Å²) < 4.78 is 19.8. The minimum Gasteiger partial charge on any atom is -0.483 e. The van der Waals surface area contributed by atoms with Gasteiger partial charge < -0.3 is 15.6 Å². The highest BCUT2D eigenvalue weighted by Crippen LogP contribution is 2.34. The van der Waals surface area contributed by atoms with E-state index in [1.807, 2.05) is 6.92 Å². The first-order chi connectivity index (χ1) is 12.3. The number of carbonyl (C=O) groups is 1. The van der Waals surface area contributed by atoms with Gasteiger partial charge >= 0.3 is 0 Å².